The quantitative estimate of drug-likeness (QED) is 0.734. The molecule has 1 aliphatic rings. The molecule has 0 amide bonds. The lowest BCUT2D eigenvalue weighted by atomic mass is 10.0. The highest BCUT2D eigenvalue weighted by Crippen LogP contribution is 2.39. The Kier molecular flexibility index (Phi) is 4.84. The van der Waals surface area contributed by atoms with Crippen molar-refractivity contribution in [3.05, 3.63) is 76.1 Å². The minimum absolute atomic E-state index is 0.178. The fourth-order valence-corrected chi connectivity index (χ4v) is 4.25. The van der Waals surface area contributed by atoms with Gasteiger partial charge >= 0.3 is 0 Å². The minimum Gasteiger partial charge on any atom is -0.391 e. The van der Waals surface area contributed by atoms with Crippen LogP contribution in [0, 0.1) is 17.5 Å². The van der Waals surface area contributed by atoms with Crippen molar-refractivity contribution in [2.45, 2.75) is 25.0 Å². The van der Waals surface area contributed by atoms with Crippen LogP contribution in [0.1, 0.15) is 28.6 Å². The number of benzene rings is 2. The van der Waals surface area contributed by atoms with E-state index in [1.807, 2.05) is 0 Å². The van der Waals surface area contributed by atoms with Gasteiger partial charge in [-0.1, -0.05) is 29.5 Å². The van der Waals surface area contributed by atoms with Crippen molar-refractivity contribution in [1.29, 1.82) is 0 Å². The molecule has 2 atom stereocenters. The molecule has 27 heavy (non-hydrogen) atoms. The van der Waals surface area contributed by atoms with Gasteiger partial charge < -0.3 is 10.0 Å². The number of rotatable bonds is 4. The topological polar surface area (TPSA) is 49.2 Å². The van der Waals surface area contributed by atoms with Gasteiger partial charge in [0.1, 0.15) is 22.5 Å². The lowest BCUT2D eigenvalue weighted by molar-refractivity contribution is 0.194. The van der Waals surface area contributed by atoms with E-state index in [1.165, 1.54) is 17.4 Å². The van der Waals surface area contributed by atoms with Crippen molar-refractivity contribution in [1.82, 2.24) is 10.2 Å². The van der Waals surface area contributed by atoms with Crippen molar-refractivity contribution in [3.63, 3.8) is 0 Å². The number of aromatic nitrogens is 2. The van der Waals surface area contributed by atoms with Crippen LogP contribution in [-0.2, 0) is 6.42 Å². The van der Waals surface area contributed by atoms with E-state index in [4.69, 9.17) is 0 Å². The highest BCUT2D eigenvalue weighted by atomic mass is 32.1. The predicted octanol–water partition coefficient (Wildman–Crippen LogP) is 3.86. The second-order valence-electron chi connectivity index (χ2n) is 6.47. The molecule has 0 aliphatic carbocycles. The van der Waals surface area contributed by atoms with Gasteiger partial charge in [-0.15, -0.1) is 10.2 Å². The number of halogens is 3. The summed E-state index contributed by atoms with van der Waals surface area (Å²) in [5, 5.41) is 19.4. The zero-order valence-electron chi connectivity index (χ0n) is 14.1. The molecule has 2 aromatic carbocycles. The Morgan fingerprint density at radius 2 is 1.89 bits per heavy atom. The van der Waals surface area contributed by atoms with Crippen LogP contribution in [-0.4, -0.2) is 28.0 Å². The minimum atomic E-state index is -0.684. The largest absolute Gasteiger partial charge is 0.391 e. The number of anilines is 1. The molecule has 1 N–H and O–H groups in total. The molecule has 1 saturated heterocycles. The third-order valence-corrected chi connectivity index (χ3v) is 5.56. The summed E-state index contributed by atoms with van der Waals surface area (Å²) in [6.45, 7) is 0.245. The van der Waals surface area contributed by atoms with E-state index in [-0.39, 0.29) is 24.3 Å². The van der Waals surface area contributed by atoms with Gasteiger partial charge in [-0.3, -0.25) is 0 Å². The number of aliphatic hydroxyl groups excluding tert-OH is 1. The van der Waals surface area contributed by atoms with Gasteiger partial charge in [0.2, 0.25) is 5.13 Å². The van der Waals surface area contributed by atoms with Crippen LogP contribution < -0.4 is 4.90 Å². The van der Waals surface area contributed by atoms with Crippen LogP contribution in [0.15, 0.2) is 42.5 Å². The van der Waals surface area contributed by atoms with Gasteiger partial charge in [-0.2, -0.15) is 0 Å². The lowest BCUT2D eigenvalue weighted by Gasteiger charge is -2.23. The zero-order chi connectivity index (χ0) is 19.0. The van der Waals surface area contributed by atoms with Crippen LogP contribution in [0.4, 0.5) is 18.3 Å². The van der Waals surface area contributed by atoms with E-state index in [0.717, 1.165) is 18.2 Å². The number of hydrogen-bond donors (Lipinski definition) is 1. The molecule has 0 bridgehead atoms. The number of β-amino-alcohol motifs (C(OH)–C–C–N with tert-alkyl or cyclic N) is 1. The zero-order valence-corrected chi connectivity index (χ0v) is 15.0. The Hall–Kier alpha value is -2.45. The first-order chi connectivity index (χ1) is 13.0. The molecule has 2 unspecified atom stereocenters. The SMILES string of the molecule is OC1CC(c2cc(F)ccc2F)N(c2nnc(Cc3ccccc3F)s2)C1. The van der Waals surface area contributed by atoms with E-state index in [1.54, 1.807) is 23.1 Å². The van der Waals surface area contributed by atoms with Gasteiger partial charge in [-0.25, -0.2) is 13.2 Å². The third-order valence-electron chi connectivity index (χ3n) is 4.60. The highest BCUT2D eigenvalue weighted by Gasteiger charge is 2.36. The van der Waals surface area contributed by atoms with Crippen LogP contribution >= 0.6 is 11.3 Å². The first kappa shape index (κ1) is 17.9. The maximum absolute atomic E-state index is 14.2. The average molecular weight is 391 g/mol. The second-order valence-corrected chi connectivity index (χ2v) is 7.51. The summed E-state index contributed by atoms with van der Waals surface area (Å²) in [4.78, 5) is 1.73. The first-order valence-electron chi connectivity index (χ1n) is 8.46. The van der Waals surface area contributed by atoms with E-state index < -0.39 is 23.8 Å². The molecule has 140 valence electrons. The summed E-state index contributed by atoms with van der Waals surface area (Å²) in [5.74, 6) is -1.38. The van der Waals surface area contributed by atoms with Crippen LogP contribution in [0.25, 0.3) is 0 Å². The Morgan fingerprint density at radius 1 is 1.07 bits per heavy atom. The van der Waals surface area contributed by atoms with Crippen molar-refractivity contribution in [2.75, 3.05) is 11.4 Å². The summed E-state index contributed by atoms with van der Waals surface area (Å²) in [5.41, 5.74) is 0.687. The third kappa shape index (κ3) is 3.68. The molecular weight excluding hydrogens is 375 g/mol. The van der Waals surface area contributed by atoms with Crippen molar-refractivity contribution >= 4 is 16.5 Å². The monoisotopic (exact) mass is 391 g/mol. The van der Waals surface area contributed by atoms with E-state index in [0.29, 0.717) is 22.1 Å². The van der Waals surface area contributed by atoms with Gasteiger partial charge in [0.15, 0.2) is 0 Å². The Balaban J connectivity index is 1.61. The van der Waals surface area contributed by atoms with E-state index >= 15 is 0 Å². The van der Waals surface area contributed by atoms with E-state index in [9.17, 15) is 18.3 Å². The lowest BCUT2D eigenvalue weighted by Crippen LogP contribution is -2.24. The van der Waals surface area contributed by atoms with Crippen LogP contribution in [0.2, 0.25) is 0 Å². The van der Waals surface area contributed by atoms with Gasteiger partial charge in [0, 0.05) is 18.5 Å². The van der Waals surface area contributed by atoms with Crippen LogP contribution in [0.3, 0.4) is 0 Å². The molecule has 2 heterocycles. The Morgan fingerprint density at radius 3 is 2.70 bits per heavy atom. The summed E-state index contributed by atoms with van der Waals surface area (Å²) < 4.78 is 41.7. The Labute approximate surface area is 157 Å². The molecule has 4 nitrogen and oxygen atoms in total. The van der Waals surface area contributed by atoms with Crippen LogP contribution in [0.5, 0.6) is 0 Å². The average Bonchev–Trinajstić information content (AvgIpc) is 3.25. The predicted molar refractivity (Wildman–Crippen MR) is 96.2 cm³/mol. The molecule has 0 spiro atoms. The molecule has 0 radical (unpaired) electrons. The summed E-state index contributed by atoms with van der Waals surface area (Å²) in [6, 6.07) is 9.19. The smallest absolute Gasteiger partial charge is 0.208 e. The summed E-state index contributed by atoms with van der Waals surface area (Å²) in [6.07, 6.45) is -0.126. The molecule has 8 heteroatoms. The fourth-order valence-electron chi connectivity index (χ4n) is 3.33. The Bertz CT molecular complexity index is 965. The van der Waals surface area contributed by atoms with Crippen molar-refractivity contribution in [2.24, 2.45) is 0 Å². The second kappa shape index (κ2) is 7.28. The molecule has 1 aromatic heterocycles. The molecule has 4 rings (SSSR count). The molecule has 0 saturated carbocycles. The van der Waals surface area contributed by atoms with Gasteiger partial charge in [-0.05, 0) is 36.2 Å². The maximum atomic E-state index is 14.2. The molecule has 1 aliphatic heterocycles. The molecule has 3 aromatic rings. The summed E-state index contributed by atoms with van der Waals surface area (Å²) >= 11 is 1.25. The standard InChI is InChI=1S/C19H16F3N3OS/c20-12-5-6-16(22)14(8-12)17-9-13(26)10-25(17)19-24-23-18(27-19)7-11-3-1-2-4-15(11)21/h1-6,8,13,17,26H,7,9-10H2. The number of hydrogen-bond acceptors (Lipinski definition) is 5. The number of aliphatic hydroxyl groups is 1. The van der Waals surface area contributed by atoms with Crippen molar-refractivity contribution in [3.8, 4) is 0 Å². The fraction of sp³-hybridized carbons (Fsp3) is 0.263. The number of nitrogens with zero attached hydrogens (tertiary/aromatic N) is 3. The van der Waals surface area contributed by atoms with E-state index in [2.05, 4.69) is 10.2 Å². The van der Waals surface area contributed by atoms with Gasteiger partial charge in [0.05, 0.1) is 12.1 Å². The summed E-state index contributed by atoms with van der Waals surface area (Å²) in [7, 11) is 0. The normalized spacial score (nSPS) is 19.6. The van der Waals surface area contributed by atoms with Crippen molar-refractivity contribution < 1.29 is 18.3 Å². The molecular formula is C19H16F3N3OS. The van der Waals surface area contributed by atoms with Gasteiger partial charge in [0.25, 0.3) is 0 Å². The maximum Gasteiger partial charge on any atom is 0.208 e. The molecule has 1 fully saturated rings. The first-order valence-corrected chi connectivity index (χ1v) is 9.28. The highest BCUT2D eigenvalue weighted by molar-refractivity contribution is 7.15.